The number of nitrogens with two attached hydrogens (primary N) is 1. The molecule has 0 amide bonds. The van der Waals surface area contributed by atoms with Crippen LogP contribution >= 0.6 is 0 Å². The molecule has 1 aromatic carbocycles. The number of rotatable bonds is 2. The summed E-state index contributed by atoms with van der Waals surface area (Å²) in [7, 11) is 1.67. The van der Waals surface area contributed by atoms with E-state index in [9.17, 15) is 0 Å². The van der Waals surface area contributed by atoms with Gasteiger partial charge in [0, 0.05) is 19.2 Å². The van der Waals surface area contributed by atoms with Gasteiger partial charge in [-0.25, -0.2) is 0 Å². The first-order chi connectivity index (χ1) is 8.91. The van der Waals surface area contributed by atoms with E-state index >= 15 is 0 Å². The van der Waals surface area contributed by atoms with Gasteiger partial charge in [0.2, 0.25) is 0 Å². The standard InChI is InChI=1S/C16H26N2O/c1-16(2,3)12-7-9-18(10-8-12)15-6-5-13(19-4)11-14(15)17/h5-6,11-12H,7-10,17H2,1-4H3. The predicted molar refractivity (Wildman–Crippen MR) is 81.8 cm³/mol. The first kappa shape index (κ1) is 14.0. The van der Waals surface area contributed by atoms with Crippen LogP contribution in [0.25, 0.3) is 0 Å². The van der Waals surface area contributed by atoms with Crippen LogP contribution in [-0.2, 0) is 0 Å². The number of anilines is 2. The maximum Gasteiger partial charge on any atom is 0.121 e. The second-order valence-electron chi connectivity index (χ2n) is 6.55. The van der Waals surface area contributed by atoms with Gasteiger partial charge in [-0.3, -0.25) is 0 Å². The highest BCUT2D eigenvalue weighted by atomic mass is 16.5. The van der Waals surface area contributed by atoms with Crippen LogP contribution in [0.5, 0.6) is 5.75 Å². The number of nitrogens with zero attached hydrogens (tertiary/aromatic N) is 1. The van der Waals surface area contributed by atoms with Gasteiger partial charge in [0.15, 0.2) is 0 Å². The predicted octanol–water partition coefficient (Wildman–Crippen LogP) is 3.54. The normalized spacial score (nSPS) is 17.6. The third-order valence-electron chi connectivity index (χ3n) is 4.30. The highest BCUT2D eigenvalue weighted by Gasteiger charge is 2.29. The van der Waals surface area contributed by atoms with E-state index in [0.29, 0.717) is 5.41 Å². The third-order valence-corrected chi connectivity index (χ3v) is 4.30. The summed E-state index contributed by atoms with van der Waals surface area (Å²) < 4.78 is 5.20. The van der Waals surface area contributed by atoms with Crippen molar-refractivity contribution < 1.29 is 4.74 Å². The Kier molecular flexibility index (Phi) is 3.93. The van der Waals surface area contributed by atoms with Crippen molar-refractivity contribution >= 4 is 11.4 Å². The molecule has 0 bridgehead atoms. The summed E-state index contributed by atoms with van der Waals surface area (Å²) in [5, 5.41) is 0. The lowest BCUT2D eigenvalue weighted by Crippen LogP contribution is -2.38. The summed E-state index contributed by atoms with van der Waals surface area (Å²) in [6, 6.07) is 5.97. The largest absolute Gasteiger partial charge is 0.497 e. The molecule has 3 nitrogen and oxygen atoms in total. The molecule has 2 rings (SSSR count). The first-order valence-corrected chi connectivity index (χ1v) is 7.10. The minimum atomic E-state index is 0.414. The van der Waals surface area contributed by atoms with Gasteiger partial charge in [-0.1, -0.05) is 20.8 Å². The molecule has 0 unspecified atom stereocenters. The Labute approximate surface area is 116 Å². The average molecular weight is 262 g/mol. The molecule has 0 aromatic heterocycles. The van der Waals surface area contributed by atoms with Crippen LogP contribution < -0.4 is 15.4 Å². The van der Waals surface area contributed by atoms with Gasteiger partial charge in [0.25, 0.3) is 0 Å². The van der Waals surface area contributed by atoms with E-state index in [4.69, 9.17) is 10.5 Å². The highest BCUT2D eigenvalue weighted by Crippen LogP contribution is 2.37. The molecule has 0 spiro atoms. The van der Waals surface area contributed by atoms with Crippen molar-refractivity contribution in [1.82, 2.24) is 0 Å². The van der Waals surface area contributed by atoms with Crippen LogP contribution in [0, 0.1) is 11.3 Å². The van der Waals surface area contributed by atoms with Crippen molar-refractivity contribution in [3.63, 3.8) is 0 Å². The van der Waals surface area contributed by atoms with E-state index < -0.39 is 0 Å². The van der Waals surface area contributed by atoms with Gasteiger partial charge in [0.1, 0.15) is 5.75 Å². The van der Waals surface area contributed by atoms with Crippen molar-refractivity contribution in [1.29, 1.82) is 0 Å². The molecule has 3 heteroatoms. The van der Waals surface area contributed by atoms with Crippen LogP contribution in [-0.4, -0.2) is 20.2 Å². The molecule has 1 aromatic rings. The summed E-state index contributed by atoms with van der Waals surface area (Å²) >= 11 is 0. The molecule has 1 aliphatic heterocycles. The molecular formula is C16H26N2O. The Balaban J connectivity index is 2.06. The molecule has 0 saturated carbocycles. The van der Waals surface area contributed by atoms with E-state index in [2.05, 4.69) is 31.7 Å². The monoisotopic (exact) mass is 262 g/mol. The maximum atomic E-state index is 6.13. The number of piperidine rings is 1. The zero-order valence-corrected chi connectivity index (χ0v) is 12.6. The van der Waals surface area contributed by atoms with Crippen LogP contribution in [0.3, 0.4) is 0 Å². The van der Waals surface area contributed by atoms with Crippen LogP contribution in [0.15, 0.2) is 18.2 Å². The number of hydrogen-bond acceptors (Lipinski definition) is 3. The van der Waals surface area contributed by atoms with Crippen LogP contribution in [0.4, 0.5) is 11.4 Å². The maximum absolute atomic E-state index is 6.13. The Morgan fingerprint density at radius 3 is 2.32 bits per heavy atom. The van der Waals surface area contributed by atoms with E-state index in [1.54, 1.807) is 7.11 Å². The molecule has 1 aliphatic rings. The molecule has 2 N–H and O–H groups in total. The lowest BCUT2D eigenvalue weighted by Gasteiger charge is -2.40. The Morgan fingerprint density at radius 2 is 1.84 bits per heavy atom. The fourth-order valence-corrected chi connectivity index (χ4v) is 2.93. The number of methoxy groups -OCH3 is 1. The fourth-order valence-electron chi connectivity index (χ4n) is 2.93. The Bertz CT molecular complexity index is 429. The lowest BCUT2D eigenvalue weighted by atomic mass is 9.75. The Hall–Kier alpha value is -1.38. The number of nitrogen functional groups attached to an aromatic ring is 1. The number of benzene rings is 1. The summed E-state index contributed by atoms with van der Waals surface area (Å²) in [4.78, 5) is 2.40. The van der Waals surface area contributed by atoms with Crippen molar-refractivity contribution in [2.24, 2.45) is 11.3 Å². The summed E-state index contributed by atoms with van der Waals surface area (Å²) in [6.45, 7) is 9.22. The lowest BCUT2D eigenvalue weighted by molar-refractivity contribution is 0.199. The number of hydrogen-bond donors (Lipinski definition) is 1. The second-order valence-corrected chi connectivity index (χ2v) is 6.55. The smallest absolute Gasteiger partial charge is 0.121 e. The minimum Gasteiger partial charge on any atom is -0.497 e. The molecule has 0 radical (unpaired) electrons. The zero-order valence-electron chi connectivity index (χ0n) is 12.6. The van der Waals surface area contributed by atoms with E-state index in [0.717, 1.165) is 36.1 Å². The molecule has 1 fully saturated rings. The SMILES string of the molecule is COc1ccc(N2CCC(C(C)(C)C)CC2)c(N)c1. The van der Waals surface area contributed by atoms with Gasteiger partial charge >= 0.3 is 0 Å². The average Bonchev–Trinajstić information content (AvgIpc) is 2.37. The molecule has 1 heterocycles. The van der Waals surface area contributed by atoms with Crippen LogP contribution in [0.2, 0.25) is 0 Å². The quantitative estimate of drug-likeness (QED) is 0.828. The minimum absolute atomic E-state index is 0.414. The van der Waals surface area contributed by atoms with Crippen molar-refractivity contribution in [3.8, 4) is 5.75 Å². The third kappa shape index (κ3) is 3.14. The van der Waals surface area contributed by atoms with Gasteiger partial charge in [-0.15, -0.1) is 0 Å². The van der Waals surface area contributed by atoms with Crippen molar-refractivity contribution in [2.45, 2.75) is 33.6 Å². The van der Waals surface area contributed by atoms with Crippen molar-refractivity contribution in [3.05, 3.63) is 18.2 Å². The van der Waals surface area contributed by atoms with Crippen LogP contribution in [0.1, 0.15) is 33.6 Å². The van der Waals surface area contributed by atoms with E-state index in [1.165, 1.54) is 12.8 Å². The number of ether oxygens (including phenoxy) is 1. The summed E-state index contributed by atoms with van der Waals surface area (Å²) in [5.41, 5.74) is 8.50. The van der Waals surface area contributed by atoms with Gasteiger partial charge in [-0.05, 0) is 36.3 Å². The fraction of sp³-hybridized carbons (Fsp3) is 0.625. The highest BCUT2D eigenvalue weighted by molar-refractivity contribution is 5.69. The molecule has 0 atom stereocenters. The van der Waals surface area contributed by atoms with Gasteiger partial charge in [-0.2, -0.15) is 0 Å². The molecule has 19 heavy (non-hydrogen) atoms. The van der Waals surface area contributed by atoms with Crippen molar-refractivity contribution in [2.75, 3.05) is 30.8 Å². The van der Waals surface area contributed by atoms with E-state index in [1.807, 2.05) is 12.1 Å². The summed E-state index contributed by atoms with van der Waals surface area (Å²) in [5.74, 6) is 1.63. The summed E-state index contributed by atoms with van der Waals surface area (Å²) in [6.07, 6.45) is 2.49. The zero-order chi connectivity index (χ0) is 14.0. The Morgan fingerprint density at radius 1 is 1.21 bits per heavy atom. The van der Waals surface area contributed by atoms with E-state index in [-0.39, 0.29) is 0 Å². The molecule has 1 saturated heterocycles. The molecule has 0 aliphatic carbocycles. The van der Waals surface area contributed by atoms with Gasteiger partial charge < -0.3 is 15.4 Å². The molecule has 106 valence electrons. The second kappa shape index (κ2) is 5.32. The molecular weight excluding hydrogens is 236 g/mol. The van der Waals surface area contributed by atoms with Gasteiger partial charge in [0.05, 0.1) is 18.5 Å². The topological polar surface area (TPSA) is 38.5 Å². The first-order valence-electron chi connectivity index (χ1n) is 7.10.